The Kier molecular flexibility index (Phi) is 5.30. The first-order valence-corrected chi connectivity index (χ1v) is 8.27. The van der Waals surface area contributed by atoms with E-state index in [4.69, 9.17) is 14.2 Å². The largest absolute Gasteiger partial charge is 0.495 e. The van der Waals surface area contributed by atoms with Gasteiger partial charge in [0.25, 0.3) is 11.8 Å². The van der Waals surface area contributed by atoms with Gasteiger partial charge in [-0.15, -0.1) is 0 Å². The van der Waals surface area contributed by atoms with Crippen molar-refractivity contribution < 1.29 is 28.6 Å². The third-order valence-electron chi connectivity index (χ3n) is 4.16. The zero-order valence-electron chi connectivity index (χ0n) is 15.5. The number of anilines is 1. The molecule has 0 radical (unpaired) electrons. The molecule has 2 aromatic carbocycles. The van der Waals surface area contributed by atoms with Gasteiger partial charge >= 0.3 is 6.03 Å². The van der Waals surface area contributed by atoms with Crippen molar-refractivity contribution in [1.29, 1.82) is 0 Å². The van der Waals surface area contributed by atoms with Crippen molar-refractivity contribution in [2.45, 2.75) is 0 Å². The first-order chi connectivity index (χ1) is 13.5. The second kappa shape index (κ2) is 7.83. The summed E-state index contributed by atoms with van der Waals surface area (Å²) in [6.07, 6.45) is 1.36. The molecule has 4 amide bonds. The van der Waals surface area contributed by atoms with Gasteiger partial charge in [0.1, 0.15) is 11.3 Å². The van der Waals surface area contributed by atoms with Gasteiger partial charge in [0, 0.05) is 5.56 Å². The van der Waals surface area contributed by atoms with Gasteiger partial charge in [-0.25, -0.2) is 9.69 Å². The molecule has 1 aliphatic rings. The molecule has 1 saturated heterocycles. The van der Waals surface area contributed by atoms with E-state index in [-0.39, 0.29) is 11.3 Å². The topological polar surface area (TPSA) is 94.2 Å². The summed E-state index contributed by atoms with van der Waals surface area (Å²) in [4.78, 5) is 38.6. The van der Waals surface area contributed by atoms with Gasteiger partial charge in [-0.05, 0) is 24.3 Å². The lowest BCUT2D eigenvalue weighted by Crippen LogP contribution is -2.54. The fraction of sp³-hybridized carbons (Fsp3) is 0.150. The van der Waals surface area contributed by atoms with Crippen LogP contribution in [0.25, 0.3) is 6.08 Å². The number of amides is 4. The van der Waals surface area contributed by atoms with Crippen LogP contribution in [0.3, 0.4) is 0 Å². The van der Waals surface area contributed by atoms with Crippen LogP contribution in [-0.2, 0) is 9.59 Å². The van der Waals surface area contributed by atoms with Crippen LogP contribution in [0.1, 0.15) is 5.56 Å². The van der Waals surface area contributed by atoms with Crippen molar-refractivity contribution in [2.24, 2.45) is 0 Å². The maximum atomic E-state index is 13.0. The molecular formula is C20H18N2O6. The summed E-state index contributed by atoms with van der Waals surface area (Å²) in [5.41, 5.74) is 0.454. The lowest BCUT2D eigenvalue weighted by atomic mass is 10.1. The first kappa shape index (κ1) is 19.0. The average molecular weight is 382 g/mol. The van der Waals surface area contributed by atoms with Crippen molar-refractivity contribution in [2.75, 3.05) is 26.2 Å². The Hall–Kier alpha value is -3.81. The van der Waals surface area contributed by atoms with Crippen molar-refractivity contribution in [1.82, 2.24) is 5.32 Å². The minimum absolute atomic E-state index is 0.225. The quantitative estimate of drug-likeness (QED) is 0.630. The number of urea groups is 1. The highest BCUT2D eigenvalue weighted by Gasteiger charge is 2.38. The smallest absolute Gasteiger partial charge is 0.336 e. The monoisotopic (exact) mass is 382 g/mol. The average Bonchev–Trinajstić information content (AvgIpc) is 2.70. The van der Waals surface area contributed by atoms with E-state index >= 15 is 0 Å². The normalized spacial score (nSPS) is 15.5. The predicted molar refractivity (Wildman–Crippen MR) is 102 cm³/mol. The number of para-hydroxylation sites is 3. The molecule has 1 fully saturated rings. The van der Waals surface area contributed by atoms with Crippen LogP contribution < -0.4 is 24.4 Å². The molecule has 1 heterocycles. The van der Waals surface area contributed by atoms with Crippen molar-refractivity contribution in [3.63, 3.8) is 0 Å². The number of methoxy groups -OCH3 is 3. The van der Waals surface area contributed by atoms with E-state index in [1.165, 1.54) is 27.4 Å². The van der Waals surface area contributed by atoms with E-state index in [9.17, 15) is 14.4 Å². The molecule has 0 unspecified atom stereocenters. The fourth-order valence-electron chi connectivity index (χ4n) is 2.87. The first-order valence-electron chi connectivity index (χ1n) is 8.27. The van der Waals surface area contributed by atoms with Crippen molar-refractivity contribution in [3.8, 4) is 17.2 Å². The Morgan fingerprint density at radius 1 is 0.857 bits per heavy atom. The van der Waals surface area contributed by atoms with Crippen molar-refractivity contribution >= 4 is 29.6 Å². The van der Waals surface area contributed by atoms with E-state index in [1.54, 1.807) is 42.5 Å². The minimum Gasteiger partial charge on any atom is -0.495 e. The summed E-state index contributed by atoms with van der Waals surface area (Å²) in [5.74, 6) is -0.454. The summed E-state index contributed by atoms with van der Waals surface area (Å²) < 4.78 is 15.8. The maximum Gasteiger partial charge on any atom is 0.336 e. The van der Waals surface area contributed by atoms with Gasteiger partial charge in [-0.2, -0.15) is 0 Å². The summed E-state index contributed by atoms with van der Waals surface area (Å²) in [5, 5.41) is 2.18. The van der Waals surface area contributed by atoms with Crippen LogP contribution in [0, 0.1) is 0 Å². The molecule has 0 spiro atoms. The Balaban J connectivity index is 2.10. The molecular weight excluding hydrogens is 364 g/mol. The standard InChI is InChI=1S/C20H18N2O6/c1-26-15-9-5-4-8-14(15)22-19(24)13(18(23)21-20(22)25)11-12-7-6-10-16(27-2)17(12)28-3/h4-11H,1-3H3,(H,21,23,25). The highest BCUT2D eigenvalue weighted by Crippen LogP contribution is 2.34. The Bertz CT molecular complexity index is 982. The Labute approximate surface area is 161 Å². The van der Waals surface area contributed by atoms with Gasteiger partial charge in [0.05, 0.1) is 27.0 Å². The lowest BCUT2D eigenvalue weighted by molar-refractivity contribution is -0.122. The minimum atomic E-state index is -0.853. The Morgan fingerprint density at radius 3 is 2.21 bits per heavy atom. The highest BCUT2D eigenvalue weighted by atomic mass is 16.5. The number of hydrogen-bond acceptors (Lipinski definition) is 6. The van der Waals surface area contributed by atoms with Crippen molar-refractivity contribution in [3.05, 3.63) is 53.6 Å². The summed E-state index contributed by atoms with van der Waals surface area (Å²) >= 11 is 0. The summed E-state index contributed by atoms with van der Waals surface area (Å²) in [6.45, 7) is 0. The van der Waals surface area contributed by atoms with Gasteiger partial charge in [-0.3, -0.25) is 14.9 Å². The molecule has 0 aliphatic carbocycles. The third-order valence-corrected chi connectivity index (χ3v) is 4.16. The molecule has 144 valence electrons. The number of hydrogen-bond donors (Lipinski definition) is 1. The number of barbiturate groups is 1. The van der Waals surface area contributed by atoms with Gasteiger partial charge in [-0.1, -0.05) is 24.3 Å². The molecule has 0 bridgehead atoms. The van der Waals surface area contributed by atoms with E-state index in [0.717, 1.165) is 4.90 Å². The predicted octanol–water partition coefficient (Wildman–Crippen LogP) is 2.38. The van der Waals surface area contributed by atoms with Gasteiger partial charge in [0.15, 0.2) is 11.5 Å². The molecule has 3 rings (SSSR count). The number of rotatable bonds is 5. The van der Waals surface area contributed by atoms with E-state index in [0.29, 0.717) is 22.8 Å². The van der Waals surface area contributed by atoms with E-state index in [1.807, 2.05) is 0 Å². The zero-order valence-corrected chi connectivity index (χ0v) is 15.5. The summed E-state index contributed by atoms with van der Waals surface area (Å²) in [7, 11) is 4.36. The van der Waals surface area contributed by atoms with Crippen LogP contribution in [0.4, 0.5) is 10.5 Å². The number of carbonyl (C=O) groups is 3. The second-order valence-electron chi connectivity index (χ2n) is 5.71. The third kappa shape index (κ3) is 3.27. The van der Waals surface area contributed by atoms with Crippen LogP contribution in [0.2, 0.25) is 0 Å². The second-order valence-corrected chi connectivity index (χ2v) is 5.71. The molecule has 28 heavy (non-hydrogen) atoms. The molecule has 0 aromatic heterocycles. The highest BCUT2D eigenvalue weighted by molar-refractivity contribution is 6.39. The molecule has 8 heteroatoms. The molecule has 0 saturated carbocycles. The molecule has 2 aromatic rings. The number of ether oxygens (including phenoxy) is 3. The number of nitrogens with zero attached hydrogens (tertiary/aromatic N) is 1. The number of nitrogens with one attached hydrogen (secondary N) is 1. The van der Waals surface area contributed by atoms with E-state index < -0.39 is 17.8 Å². The fourth-order valence-corrected chi connectivity index (χ4v) is 2.87. The van der Waals surface area contributed by atoms with E-state index in [2.05, 4.69) is 5.32 Å². The lowest BCUT2D eigenvalue weighted by Gasteiger charge is -2.27. The van der Waals surface area contributed by atoms with Crippen LogP contribution >= 0.6 is 0 Å². The maximum absolute atomic E-state index is 13.0. The van der Waals surface area contributed by atoms with Crippen LogP contribution in [0.5, 0.6) is 17.2 Å². The van der Waals surface area contributed by atoms with Crippen LogP contribution in [-0.4, -0.2) is 39.2 Å². The molecule has 0 atom stereocenters. The zero-order chi connectivity index (χ0) is 20.3. The van der Waals surface area contributed by atoms with Gasteiger partial charge in [0.2, 0.25) is 0 Å². The molecule has 8 nitrogen and oxygen atoms in total. The number of benzene rings is 2. The number of carbonyl (C=O) groups excluding carboxylic acids is 3. The Morgan fingerprint density at radius 2 is 1.54 bits per heavy atom. The van der Waals surface area contributed by atoms with Gasteiger partial charge < -0.3 is 14.2 Å². The van der Waals surface area contributed by atoms with Crippen LogP contribution in [0.15, 0.2) is 48.0 Å². The molecule has 1 N–H and O–H groups in total. The summed E-state index contributed by atoms with van der Waals surface area (Å²) in [6, 6.07) is 10.7. The number of imide groups is 2. The molecule has 1 aliphatic heterocycles. The SMILES string of the molecule is COc1ccccc1N1C(=O)NC(=O)C(=Cc2cccc(OC)c2OC)C1=O.